The van der Waals surface area contributed by atoms with E-state index >= 15 is 0 Å². The topological polar surface area (TPSA) is 116 Å². The fraction of sp³-hybridized carbons (Fsp3) is 0.273. The molecule has 8 nitrogen and oxygen atoms in total. The molecule has 108 valence electrons. The molecular weight excluding hydrogens is 286 g/mol. The van der Waals surface area contributed by atoms with Crippen LogP contribution in [-0.4, -0.2) is 44.4 Å². The molecule has 1 aliphatic heterocycles. The Balaban J connectivity index is 2.09. The fourth-order valence-electron chi connectivity index (χ4n) is 1.81. The number of nitrogens with zero attached hydrogens (tertiary/aromatic N) is 1. The van der Waals surface area contributed by atoms with E-state index in [2.05, 4.69) is 10.0 Å². The van der Waals surface area contributed by atoms with Crippen molar-refractivity contribution in [1.29, 1.82) is 0 Å². The maximum atomic E-state index is 11.4. The van der Waals surface area contributed by atoms with Crippen molar-refractivity contribution >= 4 is 33.4 Å². The summed E-state index contributed by atoms with van der Waals surface area (Å²) in [5.74, 6) is -2.42. The predicted octanol–water partition coefficient (Wildman–Crippen LogP) is 0.0425. The van der Waals surface area contributed by atoms with Gasteiger partial charge in [-0.05, 0) is 24.3 Å². The molecule has 0 radical (unpaired) electrons. The zero-order chi connectivity index (χ0) is 14.8. The van der Waals surface area contributed by atoms with Crippen LogP contribution in [0, 0.1) is 0 Å². The van der Waals surface area contributed by atoms with Crippen molar-refractivity contribution in [2.75, 3.05) is 28.5 Å². The van der Waals surface area contributed by atoms with E-state index in [0.29, 0.717) is 18.8 Å². The van der Waals surface area contributed by atoms with Crippen molar-refractivity contribution in [3.8, 4) is 0 Å². The second kappa shape index (κ2) is 5.37. The molecule has 0 spiro atoms. The Morgan fingerprint density at radius 2 is 2.00 bits per heavy atom. The molecule has 9 heteroatoms. The summed E-state index contributed by atoms with van der Waals surface area (Å²) in [7, 11) is -3.92. The minimum atomic E-state index is -3.92. The minimum absolute atomic E-state index is 0.204. The molecule has 0 atom stereocenters. The number of anilines is 2. The normalized spacial score (nSPS) is 15.0. The number of rotatable bonds is 5. The van der Waals surface area contributed by atoms with Crippen LogP contribution in [-0.2, 0) is 14.8 Å². The van der Waals surface area contributed by atoms with Crippen molar-refractivity contribution in [3.63, 3.8) is 0 Å². The van der Waals surface area contributed by atoms with Crippen molar-refractivity contribution < 1.29 is 23.1 Å². The standard InChI is InChI=1S/C11H13N3O5S/c15-10(16)7-20(18,19)13-8-1-3-9(4-2-8)14-6-5-12-11(14)17/h1-4,13H,5-7H2,(H,12,17)(H,15,16). The van der Waals surface area contributed by atoms with Crippen LogP contribution in [0.3, 0.4) is 0 Å². The van der Waals surface area contributed by atoms with E-state index in [-0.39, 0.29) is 11.7 Å². The van der Waals surface area contributed by atoms with Gasteiger partial charge in [0.2, 0.25) is 10.0 Å². The Labute approximate surface area is 115 Å². The maximum absolute atomic E-state index is 11.4. The molecule has 0 unspecified atom stereocenters. The Morgan fingerprint density at radius 3 is 2.50 bits per heavy atom. The van der Waals surface area contributed by atoms with Gasteiger partial charge in [-0.15, -0.1) is 0 Å². The number of hydrogen-bond donors (Lipinski definition) is 3. The molecule has 3 N–H and O–H groups in total. The van der Waals surface area contributed by atoms with Gasteiger partial charge in [0.15, 0.2) is 5.75 Å². The molecule has 2 amide bonds. The Morgan fingerprint density at radius 1 is 1.35 bits per heavy atom. The number of carboxylic acid groups (broad SMARTS) is 1. The number of aliphatic carboxylic acids is 1. The molecule has 20 heavy (non-hydrogen) atoms. The number of sulfonamides is 1. The van der Waals surface area contributed by atoms with Gasteiger partial charge >= 0.3 is 12.0 Å². The lowest BCUT2D eigenvalue weighted by Crippen LogP contribution is -2.27. The summed E-state index contributed by atoms with van der Waals surface area (Å²) in [6.45, 7) is 1.11. The van der Waals surface area contributed by atoms with Crippen LogP contribution in [0.1, 0.15) is 0 Å². The summed E-state index contributed by atoms with van der Waals surface area (Å²) in [6.07, 6.45) is 0. The van der Waals surface area contributed by atoms with Crippen molar-refractivity contribution in [1.82, 2.24) is 5.32 Å². The zero-order valence-corrected chi connectivity index (χ0v) is 11.2. The van der Waals surface area contributed by atoms with E-state index in [0.717, 1.165) is 0 Å². The van der Waals surface area contributed by atoms with Gasteiger partial charge in [0, 0.05) is 24.5 Å². The van der Waals surface area contributed by atoms with Crippen LogP contribution in [0.5, 0.6) is 0 Å². The lowest BCUT2D eigenvalue weighted by molar-refractivity contribution is -0.134. The molecule has 1 aromatic rings. The number of benzene rings is 1. The SMILES string of the molecule is O=C(O)CS(=O)(=O)Nc1ccc(N2CCNC2=O)cc1. The number of carboxylic acids is 1. The van der Waals surface area contributed by atoms with Crippen LogP contribution in [0.2, 0.25) is 0 Å². The van der Waals surface area contributed by atoms with E-state index in [9.17, 15) is 18.0 Å². The van der Waals surface area contributed by atoms with Crippen LogP contribution in [0.25, 0.3) is 0 Å². The van der Waals surface area contributed by atoms with Gasteiger partial charge < -0.3 is 10.4 Å². The van der Waals surface area contributed by atoms with E-state index in [4.69, 9.17) is 5.11 Å². The van der Waals surface area contributed by atoms with Gasteiger partial charge in [-0.1, -0.05) is 0 Å². The molecule has 1 heterocycles. The highest BCUT2D eigenvalue weighted by molar-refractivity contribution is 7.93. The highest BCUT2D eigenvalue weighted by atomic mass is 32.2. The number of urea groups is 1. The first-order chi connectivity index (χ1) is 9.37. The van der Waals surface area contributed by atoms with Gasteiger partial charge in [-0.25, -0.2) is 13.2 Å². The van der Waals surface area contributed by atoms with E-state index in [1.807, 2.05) is 0 Å². The second-order valence-corrected chi connectivity index (χ2v) is 5.91. The average Bonchev–Trinajstić information content (AvgIpc) is 2.74. The quantitative estimate of drug-likeness (QED) is 0.710. The van der Waals surface area contributed by atoms with Crippen LogP contribution >= 0.6 is 0 Å². The van der Waals surface area contributed by atoms with Crippen LogP contribution in [0.4, 0.5) is 16.2 Å². The summed E-state index contributed by atoms with van der Waals surface area (Å²) in [5, 5.41) is 11.1. The molecule has 0 aliphatic carbocycles. The molecule has 1 aromatic carbocycles. The van der Waals surface area contributed by atoms with Crippen molar-refractivity contribution in [2.24, 2.45) is 0 Å². The third kappa shape index (κ3) is 3.38. The van der Waals surface area contributed by atoms with Crippen molar-refractivity contribution in [2.45, 2.75) is 0 Å². The third-order valence-electron chi connectivity index (χ3n) is 2.62. The molecule has 1 saturated heterocycles. The van der Waals surface area contributed by atoms with E-state index < -0.39 is 21.7 Å². The summed E-state index contributed by atoms with van der Waals surface area (Å²) in [5.41, 5.74) is 0.885. The van der Waals surface area contributed by atoms with Gasteiger partial charge in [-0.3, -0.25) is 14.4 Å². The lowest BCUT2D eigenvalue weighted by Gasteiger charge is -2.14. The number of hydrogen-bond acceptors (Lipinski definition) is 4. The number of amides is 2. The first kappa shape index (κ1) is 14.1. The molecule has 0 saturated carbocycles. The molecule has 0 aromatic heterocycles. The fourth-order valence-corrected chi connectivity index (χ4v) is 2.70. The summed E-state index contributed by atoms with van der Waals surface area (Å²) < 4.78 is 25.0. The van der Waals surface area contributed by atoms with Crippen LogP contribution < -0.4 is 14.9 Å². The largest absolute Gasteiger partial charge is 0.480 e. The van der Waals surface area contributed by atoms with E-state index in [1.165, 1.54) is 17.0 Å². The highest BCUT2D eigenvalue weighted by Gasteiger charge is 2.21. The van der Waals surface area contributed by atoms with Crippen molar-refractivity contribution in [3.05, 3.63) is 24.3 Å². The summed E-state index contributed by atoms with van der Waals surface area (Å²) in [6, 6.07) is 5.91. The van der Waals surface area contributed by atoms with Gasteiger partial charge in [0.1, 0.15) is 0 Å². The number of carbonyl (C=O) groups excluding carboxylic acids is 1. The maximum Gasteiger partial charge on any atom is 0.321 e. The first-order valence-electron chi connectivity index (χ1n) is 5.75. The Kier molecular flexibility index (Phi) is 3.79. The Hall–Kier alpha value is -2.29. The average molecular weight is 299 g/mol. The number of nitrogens with one attached hydrogen (secondary N) is 2. The molecule has 0 bridgehead atoms. The van der Waals surface area contributed by atoms with Gasteiger partial charge in [0.05, 0.1) is 0 Å². The minimum Gasteiger partial charge on any atom is -0.480 e. The smallest absolute Gasteiger partial charge is 0.321 e. The lowest BCUT2D eigenvalue weighted by atomic mass is 10.2. The van der Waals surface area contributed by atoms with Gasteiger partial charge in [-0.2, -0.15) is 0 Å². The van der Waals surface area contributed by atoms with Crippen LogP contribution in [0.15, 0.2) is 24.3 Å². The molecule has 1 aliphatic rings. The summed E-state index contributed by atoms with van der Waals surface area (Å²) >= 11 is 0. The predicted molar refractivity (Wildman–Crippen MR) is 72.2 cm³/mol. The third-order valence-corrected chi connectivity index (χ3v) is 3.80. The Bertz CT molecular complexity index is 626. The highest BCUT2D eigenvalue weighted by Crippen LogP contribution is 2.20. The number of carbonyl (C=O) groups is 2. The zero-order valence-electron chi connectivity index (χ0n) is 10.4. The molecular formula is C11H13N3O5S. The van der Waals surface area contributed by atoms with Gasteiger partial charge in [0.25, 0.3) is 0 Å². The monoisotopic (exact) mass is 299 g/mol. The summed E-state index contributed by atoms with van der Waals surface area (Å²) in [4.78, 5) is 23.4. The van der Waals surface area contributed by atoms with E-state index in [1.54, 1.807) is 12.1 Å². The molecule has 1 fully saturated rings. The second-order valence-electron chi connectivity index (χ2n) is 4.19. The molecule has 2 rings (SSSR count). The first-order valence-corrected chi connectivity index (χ1v) is 7.40.